The second-order valence-corrected chi connectivity index (χ2v) is 4.91. The lowest BCUT2D eigenvalue weighted by atomic mass is 10.0. The molecule has 0 aromatic heterocycles. The van der Waals surface area contributed by atoms with Crippen molar-refractivity contribution in [1.29, 1.82) is 0 Å². The van der Waals surface area contributed by atoms with Gasteiger partial charge in [-0.25, -0.2) is 4.79 Å². The van der Waals surface area contributed by atoms with Crippen LogP contribution in [0, 0.1) is 5.92 Å². The van der Waals surface area contributed by atoms with Crippen LogP contribution in [0.3, 0.4) is 0 Å². The molecular formula is C11H19N3O2. The van der Waals surface area contributed by atoms with E-state index in [1.807, 2.05) is 11.8 Å². The molecule has 2 heterocycles. The Morgan fingerprint density at radius 2 is 2.06 bits per heavy atom. The molecule has 3 amide bonds. The molecule has 0 aromatic rings. The largest absolute Gasteiger partial charge is 0.324 e. The van der Waals surface area contributed by atoms with Gasteiger partial charge in [-0.3, -0.25) is 10.1 Å². The molecule has 0 aromatic carbocycles. The van der Waals surface area contributed by atoms with E-state index in [1.165, 1.54) is 0 Å². The highest BCUT2D eigenvalue weighted by atomic mass is 16.2. The van der Waals surface area contributed by atoms with Crippen LogP contribution in [0.4, 0.5) is 4.79 Å². The molecule has 2 aliphatic heterocycles. The van der Waals surface area contributed by atoms with E-state index in [9.17, 15) is 9.59 Å². The minimum absolute atomic E-state index is 0.0927. The Labute approximate surface area is 95.8 Å². The Balaban J connectivity index is 2.02. The summed E-state index contributed by atoms with van der Waals surface area (Å²) in [5.41, 5.74) is 0. The molecule has 2 saturated heterocycles. The standard InChI is InChI=1S/C11H19N3O2/c1-8-6-14(11(16)12-10(8)15)9-4-3-5-13(2)7-9/h8-9H,3-7H2,1-2H3,(H,12,15,16). The van der Waals surface area contributed by atoms with Crippen LogP contribution in [-0.4, -0.2) is 54.5 Å². The SMILES string of the molecule is CC1CN(C2CCCN(C)C2)C(=O)NC1=O. The second-order valence-electron chi connectivity index (χ2n) is 4.91. The molecule has 0 bridgehead atoms. The Bertz CT molecular complexity index is 306. The number of hydrogen-bond donors (Lipinski definition) is 1. The first-order chi connectivity index (χ1) is 7.58. The van der Waals surface area contributed by atoms with Gasteiger partial charge in [-0.05, 0) is 26.4 Å². The van der Waals surface area contributed by atoms with Crippen molar-refractivity contribution in [1.82, 2.24) is 15.1 Å². The fourth-order valence-electron chi connectivity index (χ4n) is 2.47. The normalized spacial score (nSPS) is 32.8. The zero-order valence-electron chi connectivity index (χ0n) is 9.90. The summed E-state index contributed by atoms with van der Waals surface area (Å²) in [6.07, 6.45) is 2.16. The minimum atomic E-state index is -0.219. The maximum Gasteiger partial charge on any atom is 0.324 e. The quantitative estimate of drug-likeness (QED) is 0.697. The summed E-state index contributed by atoms with van der Waals surface area (Å²) >= 11 is 0. The van der Waals surface area contributed by atoms with Crippen molar-refractivity contribution in [2.45, 2.75) is 25.8 Å². The van der Waals surface area contributed by atoms with Gasteiger partial charge < -0.3 is 9.80 Å². The lowest BCUT2D eigenvalue weighted by molar-refractivity contribution is -0.125. The number of nitrogens with zero attached hydrogens (tertiary/aromatic N) is 2. The van der Waals surface area contributed by atoms with Crippen LogP contribution in [0.5, 0.6) is 0 Å². The summed E-state index contributed by atoms with van der Waals surface area (Å²) in [6, 6.07) is 0.0395. The van der Waals surface area contributed by atoms with Crippen molar-refractivity contribution < 1.29 is 9.59 Å². The average Bonchev–Trinajstić information content (AvgIpc) is 2.23. The summed E-state index contributed by atoms with van der Waals surface area (Å²) in [4.78, 5) is 27.1. The third kappa shape index (κ3) is 2.19. The monoisotopic (exact) mass is 225 g/mol. The molecular weight excluding hydrogens is 206 g/mol. The number of nitrogens with one attached hydrogen (secondary N) is 1. The topological polar surface area (TPSA) is 52.6 Å². The molecule has 90 valence electrons. The molecule has 2 rings (SSSR count). The van der Waals surface area contributed by atoms with Gasteiger partial charge in [0.2, 0.25) is 5.91 Å². The summed E-state index contributed by atoms with van der Waals surface area (Å²) < 4.78 is 0. The van der Waals surface area contributed by atoms with E-state index in [1.54, 1.807) is 0 Å². The molecule has 16 heavy (non-hydrogen) atoms. The van der Waals surface area contributed by atoms with Gasteiger partial charge in [0.25, 0.3) is 0 Å². The van der Waals surface area contributed by atoms with E-state index in [2.05, 4.69) is 17.3 Å². The Hall–Kier alpha value is -1.10. The van der Waals surface area contributed by atoms with Crippen molar-refractivity contribution in [3.8, 4) is 0 Å². The smallest absolute Gasteiger partial charge is 0.319 e. The zero-order chi connectivity index (χ0) is 11.7. The first-order valence-electron chi connectivity index (χ1n) is 5.88. The summed E-state index contributed by atoms with van der Waals surface area (Å²) in [7, 11) is 2.07. The first-order valence-corrected chi connectivity index (χ1v) is 5.88. The molecule has 0 saturated carbocycles. The van der Waals surface area contributed by atoms with Crippen LogP contribution in [0.1, 0.15) is 19.8 Å². The molecule has 5 heteroatoms. The second kappa shape index (κ2) is 4.41. The lowest BCUT2D eigenvalue weighted by Crippen LogP contribution is -2.59. The van der Waals surface area contributed by atoms with E-state index in [-0.39, 0.29) is 23.9 Å². The number of hydrogen-bond acceptors (Lipinski definition) is 3. The van der Waals surface area contributed by atoms with E-state index in [4.69, 9.17) is 0 Å². The van der Waals surface area contributed by atoms with E-state index in [0.29, 0.717) is 6.54 Å². The fourth-order valence-corrected chi connectivity index (χ4v) is 2.47. The zero-order valence-corrected chi connectivity index (χ0v) is 9.90. The van der Waals surface area contributed by atoms with Crippen LogP contribution >= 0.6 is 0 Å². The lowest BCUT2D eigenvalue weighted by Gasteiger charge is -2.40. The van der Waals surface area contributed by atoms with Gasteiger partial charge >= 0.3 is 6.03 Å². The number of amides is 3. The Morgan fingerprint density at radius 1 is 1.31 bits per heavy atom. The first kappa shape index (κ1) is 11.4. The van der Waals surface area contributed by atoms with Crippen molar-refractivity contribution >= 4 is 11.9 Å². The molecule has 1 N–H and O–H groups in total. The molecule has 0 spiro atoms. The van der Waals surface area contributed by atoms with Crippen LogP contribution in [0.2, 0.25) is 0 Å². The van der Waals surface area contributed by atoms with Crippen LogP contribution in [-0.2, 0) is 4.79 Å². The van der Waals surface area contributed by atoms with Crippen molar-refractivity contribution in [2.24, 2.45) is 5.92 Å². The van der Waals surface area contributed by atoms with Crippen molar-refractivity contribution in [3.63, 3.8) is 0 Å². The fraction of sp³-hybridized carbons (Fsp3) is 0.818. The number of piperidine rings is 1. The molecule has 0 aliphatic carbocycles. The number of likely N-dealkylation sites (tertiary alicyclic amines) is 1. The maximum absolute atomic E-state index is 11.7. The summed E-state index contributed by atoms with van der Waals surface area (Å²) in [6.45, 7) is 4.43. The number of carbonyl (C=O) groups excluding carboxylic acids is 2. The van der Waals surface area contributed by atoms with E-state index >= 15 is 0 Å². The van der Waals surface area contributed by atoms with Gasteiger partial charge in [0.1, 0.15) is 0 Å². The molecule has 5 nitrogen and oxygen atoms in total. The number of urea groups is 1. The summed E-state index contributed by atoms with van der Waals surface area (Å²) in [5, 5.41) is 2.42. The number of imide groups is 1. The van der Waals surface area contributed by atoms with Crippen molar-refractivity contribution in [3.05, 3.63) is 0 Å². The van der Waals surface area contributed by atoms with E-state index < -0.39 is 0 Å². The number of carbonyl (C=O) groups is 2. The van der Waals surface area contributed by atoms with Crippen molar-refractivity contribution in [2.75, 3.05) is 26.7 Å². The Kier molecular flexibility index (Phi) is 3.14. The molecule has 2 atom stereocenters. The third-order valence-corrected chi connectivity index (χ3v) is 3.45. The molecule has 2 unspecified atom stereocenters. The highest BCUT2D eigenvalue weighted by Crippen LogP contribution is 2.18. The van der Waals surface area contributed by atoms with Gasteiger partial charge in [0.15, 0.2) is 0 Å². The van der Waals surface area contributed by atoms with Crippen LogP contribution in [0.15, 0.2) is 0 Å². The average molecular weight is 225 g/mol. The highest BCUT2D eigenvalue weighted by molar-refractivity contribution is 5.97. The molecule has 2 aliphatic rings. The van der Waals surface area contributed by atoms with Crippen LogP contribution in [0.25, 0.3) is 0 Å². The predicted octanol–water partition coefficient (Wildman–Crippen LogP) is 0.269. The minimum Gasteiger partial charge on any atom is -0.319 e. The Morgan fingerprint density at radius 3 is 2.75 bits per heavy atom. The van der Waals surface area contributed by atoms with Gasteiger partial charge in [-0.1, -0.05) is 6.92 Å². The van der Waals surface area contributed by atoms with Gasteiger partial charge in [-0.2, -0.15) is 0 Å². The predicted molar refractivity (Wildman–Crippen MR) is 59.9 cm³/mol. The molecule has 2 fully saturated rings. The van der Waals surface area contributed by atoms with Crippen LogP contribution < -0.4 is 5.32 Å². The molecule has 0 radical (unpaired) electrons. The van der Waals surface area contributed by atoms with Gasteiger partial charge in [0.05, 0.1) is 5.92 Å². The summed E-state index contributed by atoms with van der Waals surface area (Å²) in [5.74, 6) is -0.240. The maximum atomic E-state index is 11.7. The van der Waals surface area contributed by atoms with Gasteiger partial charge in [-0.15, -0.1) is 0 Å². The van der Waals surface area contributed by atoms with E-state index in [0.717, 1.165) is 25.9 Å². The van der Waals surface area contributed by atoms with Gasteiger partial charge in [0, 0.05) is 19.1 Å². The number of likely N-dealkylation sites (N-methyl/N-ethyl adjacent to an activating group) is 1. The third-order valence-electron chi connectivity index (χ3n) is 3.45. The number of rotatable bonds is 1. The highest BCUT2D eigenvalue weighted by Gasteiger charge is 2.34.